The van der Waals surface area contributed by atoms with Gasteiger partial charge >= 0.3 is 0 Å². The van der Waals surface area contributed by atoms with E-state index in [-0.39, 0.29) is 12.4 Å². The highest BCUT2D eigenvalue weighted by atomic mass is 35.5. The lowest BCUT2D eigenvalue weighted by Gasteiger charge is -2.13. The maximum Gasteiger partial charge on any atom is 0.231 e. The number of ketones is 1. The van der Waals surface area contributed by atoms with Crippen LogP contribution >= 0.6 is 23.2 Å². The lowest BCUT2D eigenvalue weighted by molar-refractivity contribution is 0.101. The Bertz CT molecular complexity index is 1130. The Balaban J connectivity index is 1.60. The fraction of sp³-hybridized carbons (Fsp3) is 0.125. The van der Waals surface area contributed by atoms with Gasteiger partial charge in [-0.1, -0.05) is 59.1 Å². The summed E-state index contributed by atoms with van der Waals surface area (Å²) in [5, 5.41) is 1.09. The molecule has 1 heterocycles. The van der Waals surface area contributed by atoms with Crippen LogP contribution in [0, 0.1) is 13.8 Å². The summed E-state index contributed by atoms with van der Waals surface area (Å²) in [6.07, 6.45) is 1.76. The predicted octanol–water partition coefficient (Wildman–Crippen LogP) is 6.81. The number of halogens is 2. The quantitative estimate of drug-likeness (QED) is 0.431. The normalized spacial score (nSPS) is 14.1. The van der Waals surface area contributed by atoms with Crippen molar-refractivity contribution >= 4 is 35.1 Å². The summed E-state index contributed by atoms with van der Waals surface area (Å²) in [6, 6.07) is 16.7. The molecule has 0 amide bonds. The van der Waals surface area contributed by atoms with Gasteiger partial charge < -0.3 is 9.47 Å². The molecule has 3 aromatic carbocycles. The first kappa shape index (κ1) is 19.6. The van der Waals surface area contributed by atoms with Gasteiger partial charge in [0.25, 0.3) is 0 Å². The number of allylic oxidation sites excluding steroid dienone is 1. The second-order valence-electron chi connectivity index (χ2n) is 6.91. The number of hydrogen-bond donors (Lipinski definition) is 0. The zero-order chi connectivity index (χ0) is 20.5. The molecule has 5 heteroatoms. The molecular formula is C24H18Cl2O3. The number of carbonyl (C=O) groups is 1. The Morgan fingerprint density at radius 2 is 1.72 bits per heavy atom. The van der Waals surface area contributed by atoms with Crippen LogP contribution in [0.5, 0.6) is 11.5 Å². The van der Waals surface area contributed by atoms with E-state index in [4.69, 9.17) is 32.7 Å². The van der Waals surface area contributed by atoms with Gasteiger partial charge in [0.1, 0.15) is 18.1 Å². The van der Waals surface area contributed by atoms with Crippen molar-refractivity contribution in [3.05, 3.63) is 98.2 Å². The van der Waals surface area contributed by atoms with Crippen LogP contribution in [-0.2, 0) is 6.61 Å². The van der Waals surface area contributed by atoms with Crippen molar-refractivity contribution in [3.63, 3.8) is 0 Å². The van der Waals surface area contributed by atoms with Crippen molar-refractivity contribution in [2.45, 2.75) is 20.5 Å². The standard InChI is InChI=1S/C24H18Cl2O3/c1-14-5-3-6-16(11-14)12-22-23(27)17-9-10-21(15(2)24(17)29-22)28-13-18-19(25)7-4-8-20(18)26/h3-12H,13H2,1-2H3/b22-12-. The number of aryl methyl sites for hydroxylation is 1. The molecule has 3 nitrogen and oxygen atoms in total. The lowest BCUT2D eigenvalue weighted by atomic mass is 10.1. The number of benzene rings is 3. The molecule has 1 aliphatic rings. The van der Waals surface area contributed by atoms with E-state index in [1.54, 1.807) is 36.4 Å². The zero-order valence-electron chi connectivity index (χ0n) is 16.0. The molecule has 0 unspecified atom stereocenters. The molecule has 0 saturated heterocycles. The molecule has 0 aliphatic carbocycles. The largest absolute Gasteiger partial charge is 0.488 e. The van der Waals surface area contributed by atoms with Crippen molar-refractivity contribution in [1.29, 1.82) is 0 Å². The molecule has 0 aromatic heterocycles. The SMILES string of the molecule is Cc1cccc(/C=C2\Oc3c(ccc(OCc4c(Cl)cccc4Cl)c3C)C2=O)c1. The molecule has 0 spiro atoms. The lowest BCUT2D eigenvalue weighted by Crippen LogP contribution is -2.00. The van der Waals surface area contributed by atoms with Crippen LogP contribution in [-0.4, -0.2) is 5.78 Å². The van der Waals surface area contributed by atoms with E-state index in [1.165, 1.54) is 0 Å². The molecule has 0 radical (unpaired) electrons. The summed E-state index contributed by atoms with van der Waals surface area (Å²) >= 11 is 12.4. The third-order valence-corrected chi connectivity index (χ3v) is 5.52. The molecule has 29 heavy (non-hydrogen) atoms. The number of hydrogen-bond acceptors (Lipinski definition) is 3. The highest BCUT2D eigenvalue weighted by molar-refractivity contribution is 6.35. The van der Waals surface area contributed by atoms with Gasteiger partial charge in [0.2, 0.25) is 5.78 Å². The Hall–Kier alpha value is -2.75. The Labute approximate surface area is 179 Å². The first-order chi connectivity index (χ1) is 13.9. The van der Waals surface area contributed by atoms with Crippen molar-refractivity contribution < 1.29 is 14.3 Å². The number of fused-ring (bicyclic) bond motifs is 1. The molecule has 0 fully saturated rings. The molecule has 0 atom stereocenters. The Morgan fingerprint density at radius 1 is 1.00 bits per heavy atom. The minimum atomic E-state index is -0.134. The summed E-state index contributed by atoms with van der Waals surface area (Å²) in [5.41, 5.74) is 4.04. The third kappa shape index (κ3) is 3.89. The molecule has 1 aliphatic heterocycles. The van der Waals surface area contributed by atoms with E-state index >= 15 is 0 Å². The average Bonchev–Trinajstić information content (AvgIpc) is 2.99. The Morgan fingerprint density at radius 3 is 2.45 bits per heavy atom. The molecular weight excluding hydrogens is 407 g/mol. The highest BCUT2D eigenvalue weighted by Crippen LogP contribution is 2.40. The minimum Gasteiger partial charge on any atom is -0.488 e. The van der Waals surface area contributed by atoms with Crippen molar-refractivity contribution in [1.82, 2.24) is 0 Å². The van der Waals surface area contributed by atoms with Crippen LogP contribution in [0.25, 0.3) is 6.08 Å². The van der Waals surface area contributed by atoms with Crippen LogP contribution in [0.1, 0.15) is 32.6 Å². The van der Waals surface area contributed by atoms with E-state index in [2.05, 4.69) is 0 Å². The maximum absolute atomic E-state index is 12.7. The third-order valence-electron chi connectivity index (χ3n) is 4.81. The number of Topliss-reactive ketones (excluding diaryl/α,β-unsaturated/α-hetero) is 1. The summed E-state index contributed by atoms with van der Waals surface area (Å²) in [4.78, 5) is 12.7. The van der Waals surface area contributed by atoms with E-state index < -0.39 is 0 Å². The smallest absolute Gasteiger partial charge is 0.231 e. The molecule has 0 bridgehead atoms. The molecule has 3 aromatic rings. The molecule has 4 rings (SSSR count). The van der Waals surface area contributed by atoms with Crippen LogP contribution in [0.4, 0.5) is 0 Å². The fourth-order valence-corrected chi connectivity index (χ4v) is 3.76. The van der Waals surface area contributed by atoms with Crippen molar-refractivity contribution in [2.75, 3.05) is 0 Å². The summed E-state index contributed by atoms with van der Waals surface area (Å²) in [6.45, 7) is 4.09. The zero-order valence-corrected chi connectivity index (χ0v) is 17.5. The summed E-state index contributed by atoms with van der Waals surface area (Å²) < 4.78 is 11.8. The number of rotatable bonds is 4. The molecule has 146 valence electrons. The topological polar surface area (TPSA) is 35.5 Å². The van der Waals surface area contributed by atoms with Crippen LogP contribution < -0.4 is 9.47 Å². The van der Waals surface area contributed by atoms with E-state index in [1.807, 2.05) is 38.1 Å². The fourth-order valence-electron chi connectivity index (χ4n) is 3.26. The summed E-state index contributed by atoms with van der Waals surface area (Å²) in [5.74, 6) is 1.31. The molecule has 0 N–H and O–H groups in total. The van der Waals surface area contributed by atoms with Gasteiger partial charge in [-0.05, 0) is 49.8 Å². The van der Waals surface area contributed by atoms with Gasteiger partial charge in [-0.3, -0.25) is 4.79 Å². The van der Waals surface area contributed by atoms with Gasteiger partial charge in [-0.15, -0.1) is 0 Å². The van der Waals surface area contributed by atoms with E-state index in [0.717, 1.165) is 16.7 Å². The van der Waals surface area contributed by atoms with Gasteiger partial charge in [0, 0.05) is 21.2 Å². The van der Waals surface area contributed by atoms with Gasteiger partial charge in [-0.2, -0.15) is 0 Å². The van der Waals surface area contributed by atoms with Crippen LogP contribution in [0.2, 0.25) is 10.0 Å². The summed E-state index contributed by atoms with van der Waals surface area (Å²) in [7, 11) is 0. The number of carbonyl (C=O) groups excluding carboxylic acids is 1. The monoisotopic (exact) mass is 424 g/mol. The van der Waals surface area contributed by atoms with E-state index in [9.17, 15) is 4.79 Å². The molecule has 0 saturated carbocycles. The van der Waals surface area contributed by atoms with Crippen molar-refractivity contribution in [3.8, 4) is 11.5 Å². The van der Waals surface area contributed by atoms with Gasteiger partial charge in [0.05, 0.1) is 5.56 Å². The Kier molecular flexibility index (Phi) is 5.35. The highest BCUT2D eigenvalue weighted by Gasteiger charge is 2.30. The van der Waals surface area contributed by atoms with Crippen LogP contribution in [0.15, 0.2) is 60.4 Å². The van der Waals surface area contributed by atoms with Gasteiger partial charge in [-0.25, -0.2) is 0 Å². The van der Waals surface area contributed by atoms with Gasteiger partial charge in [0.15, 0.2) is 5.76 Å². The second kappa shape index (κ2) is 7.94. The predicted molar refractivity (Wildman–Crippen MR) is 116 cm³/mol. The first-order valence-corrected chi connectivity index (χ1v) is 9.90. The first-order valence-electron chi connectivity index (χ1n) is 9.14. The number of ether oxygens (including phenoxy) is 2. The minimum absolute atomic E-state index is 0.134. The second-order valence-corrected chi connectivity index (χ2v) is 7.72. The van der Waals surface area contributed by atoms with E-state index in [0.29, 0.717) is 38.4 Å². The van der Waals surface area contributed by atoms with Crippen LogP contribution in [0.3, 0.4) is 0 Å². The average molecular weight is 425 g/mol. The maximum atomic E-state index is 12.7. The van der Waals surface area contributed by atoms with Crippen molar-refractivity contribution in [2.24, 2.45) is 0 Å².